The van der Waals surface area contributed by atoms with Crippen molar-refractivity contribution in [1.29, 1.82) is 0 Å². The molecule has 0 bridgehead atoms. The lowest BCUT2D eigenvalue weighted by atomic mass is 10.1. The molecule has 0 aliphatic carbocycles. The van der Waals surface area contributed by atoms with Crippen LogP contribution in [-0.2, 0) is 22.7 Å². The molecule has 2 aliphatic heterocycles. The van der Waals surface area contributed by atoms with Gasteiger partial charge in [-0.3, -0.25) is 24.6 Å². The molecule has 0 N–H and O–H groups in total. The zero-order chi connectivity index (χ0) is 23.7. The monoisotopic (exact) mass is 454 g/mol. The Balaban J connectivity index is 1.51. The second-order valence-electron chi connectivity index (χ2n) is 8.24. The Hall–Kier alpha value is -3.79. The van der Waals surface area contributed by atoms with Crippen LogP contribution in [0.25, 0.3) is 0 Å². The van der Waals surface area contributed by atoms with E-state index in [9.17, 15) is 24.5 Å². The molecule has 2 aromatic rings. The Morgan fingerprint density at radius 3 is 2.67 bits per heavy atom. The zero-order valence-electron chi connectivity index (χ0n) is 18.2. The highest BCUT2D eigenvalue weighted by molar-refractivity contribution is 6.21. The average Bonchev–Trinajstić information content (AvgIpc) is 3.04. The number of nitro benzene ring substituents is 1. The summed E-state index contributed by atoms with van der Waals surface area (Å²) in [4.78, 5) is 49.8. The topological polar surface area (TPSA) is 125 Å². The minimum absolute atomic E-state index is 0.0139. The lowest BCUT2D eigenvalue weighted by Crippen LogP contribution is -2.31. The molecule has 0 saturated heterocycles. The van der Waals surface area contributed by atoms with E-state index < -0.39 is 16.8 Å². The van der Waals surface area contributed by atoms with Crippen LogP contribution >= 0.6 is 0 Å². The van der Waals surface area contributed by atoms with Gasteiger partial charge in [0.2, 0.25) is 0 Å². The Kier molecular flexibility index (Phi) is 6.10. The highest BCUT2D eigenvalue weighted by atomic mass is 16.7. The molecule has 2 heterocycles. The van der Waals surface area contributed by atoms with Gasteiger partial charge in [-0.05, 0) is 30.5 Å². The molecule has 0 saturated carbocycles. The van der Waals surface area contributed by atoms with Gasteiger partial charge >= 0.3 is 5.97 Å². The van der Waals surface area contributed by atoms with Crippen molar-refractivity contribution in [3.05, 3.63) is 68.3 Å². The number of carbonyl (C=O) groups is 3. The summed E-state index contributed by atoms with van der Waals surface area (Å²) in [5.41, 5.74) is 1.17. The molecule has 0 aromatic heterocycles. The zero-order valence-corrected chi connectivity index (χ0v) is 18.2. The second-order valence-corrected chi connectivity index (χ2v) is 8.24. The van der Waals surface area contributed by atoms with Crippen LogP contribution in [0.1, 0.15) is 62.5 Å². The summed E-state index contributed by atoms with van der Waals surface area (Å²) in [7, 11) is 0. The molecule has 10 nitrogen and oxygen atoms in total. The fourth-order valence-corrected chi connectivity index (χ4v) is 3.73. The van der Waals surface area contributed by atoms with Crippen LogP contribution in [0.4, 0.5) is 5.69 Å². The molecule has 4 rings (SSSR count). The van der Waals surface area contributed by atoms with Crippen LogP contribution in [0.5, 0.6) is 5.75 Å². The molecule has 0 radical (unpaired) electrons. The van der Waals surface area contributed by atoms with Crippen LogP contribution in [0.2, 0.25) is 0 Å². The van der Waals surface area contributed by atoms with E-state index in [1.54, 1.807) is 0 Å². The predicted molar refractivity (Wildman–Crippen MR) is 114 cm³/mol. The molecule has 0 spiro atoms. The molecular weight excluding hydrogens is 432 g/mol. The van der Waals surface area contributed by atoms with Crippen LogP contribution in [0.15, 0.2) is 30.3 Å². The molecule has 10 heteroatoms. The number of nitro groups is 1. The van der Waals surface area contributed by atoms with Crippen LogP contribution < -0.4 is 4.74 Å². The summed E-state index contributed by atoms with van der Waals surface area (Å²) in [6.07, 6.45) is 0.682. The molecule has 2 amide bonds. The van der Waals surface area contributed by atoms with Crippen LogP contribution in [0.3, 0.4) is 0 Å². The van der Waals surface area contributed by atoms with Gasteiger partial charge in [-0.1, -0.05) is 13.8 Å². The minimum atomic E-state index is -0.731. The standard InChI is InChI=1S/C23H22N2O8/c1-13(2)5-6-24-21(26)18-4-3-14(9-19(18)22(24)27)23(28)32-11-16-8-17(25(29)30)7-15-10-31-12-33-20(15)16/h3-4,7-9,13H,5-6,10-12H2,1-2H3. The summed E-state index contributed by atoms with van der Waals surface area (Å²) >= 11 is 0. The number of amides is 2. The maximum absolute atomic E-state index is 12.7. The molecule has 2 aliphatic rings. The number of rotatable bonds is 7. The molecule has 33 heavy (non-hydrogen) atoms. The predicted octanol–water partition coefficient (Wildman–Crippen LogP) is 3.46. The van der Waals surface area contributed by atoms with Crippen molar-refractivity contribution in [2.45, 2.75) is 33.5 Å². The van der Waals surface area contributed by atoms with E-state index in [0.717, 1.165) is 0 Å². The van der Waals surface area contributed by atoms with Gasteiger partial charge in [-0.15, -0.1) is 0 Å². The van der Waals surface area contributed by atoms with Gasteiger partial charge in [0.15, 0.2) is 6.79 Å². The highest BCUT2D eigenvalue weighted by Crippen LogP contribution is 2.33. The maximum Gasteiger partial charge on any atom is 0.338 e. The first kappa shape index (κ1) is 22.4. The first-order valence-electron chi connectivity index (χ1n) is 10.4. The van der Waals surface area contributed by atoms with Crippen molar-refractivity contribution < 1.29 is 33.5 Å². The van der Waals surface area contributed by atoms with Crippen molar-refractivity contribution in [1.82, 2.24) is 4.90 Å². The van der Waals surface area contributed by atoms with Crippen molar-refractivity contribution in [2.75, 3.05) is 13.3 Å². The second kappa shape index (κ2) is 8.99. The molecule has 2 aromatic carbocycles. The number of nitrogens with zero attached hydrogens (tertiary/aromatic N) is 2. The molecular formula is C23H22N2O8. The fraction of sp³-hybridized carbons (Fsp3) is 0.348. The van der Waals surface area contributed by atoms with Gasteiger partial charge in [0, 0.05) is 29.8 Å². The van der Waals surface area contributed by atoms with Crippen molar-refractivity contribution >= 4 is 23.5 Å². The van der Waals surface area contributed by atoms with Gasteiger partial charge in [-0.2, -0.15) is 0 Å². The summed E-state index contributed by atoms with van der Waals surface area (Å²) in [5, 5.41) is 11.2. The molecule has 0 atom stereocenters. The SMILES string of the molecule is CC(C)CCN1C(=O)c2ccc(C(=O)OCc3cc([N+](=O)[O-])cc4c3OCOC4)cc2C1=O. The summed E-state index contributed by atoms with van der Waals surface area (Å²) in [6, 6.07) is 6.85. The average molecular weight is 454 g/mol. The number of hydrogen-bond acceptors (Lipinski definition) is 8. The third-order valence-electron chi connectivity index (χ3n) is 5.48. The van der Waals surface area contributed by atoms with Crippen LogP contribution in [0, 0.1) is 16.0 Å². The number of imide groups is 1. The minimum Gasteiger partial charge on any atom is -0.467 e. The van der Waals surface area contributed by atoms with Gasteiger partial charge in [0.25, 0.3) is 17.5 Å². The van der Waals surface area contributed by atoms with E-state index in [-0.39, 0.29) is 48.3 Å². The first-order valence-corrected chi connectivity index (χ1v) is 10.4. The lowest BCUT2D eigenvalue weighted by Gasteiger charge is -2.20. The van der Waals surface area contributed by atoms with E-state index in [4.69, 9.17) is 14.2 Å². The van der Waals surface area contributed by atoms with Crippen molar-refractivity contribution in [3.63, 3.8) is 0 Å². The number of ether oxygens (including phenoxy) is 3. The maximum atomic E-state index is 12.7. The summed E-state index contributed by atoms with van der Waals surface area (Å²) in [6.45, 7) is 4.18. The Morgan fingerprint density at radius 2 is 1.94 bits per heavy atom. The smallest absolute Gasteiger partial charge is 0.338 e. The lowest BCUT2D eigenvalue weighted by molar-refractivity contribution is -0.385. The number of hydrogen-bond donors (Lipinski definition) is 0. The van der Waals surface area contributed by atoms with E-state index in [1.807, 2.05) is 13.8 Å². The molecule has 0 fully saturated rings. The Bertz CT molecular complexity index is 1160. The van der Waals surface area contributed by atoms with E-state index in [0.29, 0.717) is 35.8 Å². The van der Waals surface area contributed by atoms with Crippen molar-refractivity contribution in [2.24, 2.45) is 5.92 Å². The fourth-order valence-electron chi connectivity index (χ4n) is 3.73. The van der Waals surface area contributed by atoms with Gasteiger partial charge in [-0.25, -0.2) is 4.79 Å². The molecule has 0 unspecified atom stereocenters. The van der Waals surface area contributed by atoms with E-state index in [2.05, 4.69) is 0 Å². The highest BCUT2D eigenvalue weighted by Gasteiger charge is 2.36. The van der Waals surface area contributed by atoms with Crippen LogP contribution in [-0.4, -0.2) is 40.9 Å². The van der Waals surface area contributed by atoms with Gasteiger partial charge in [0.05, 0.1) is 28.2 Å². The number of carbonyl (C=O) groups excluding carboxylic acids is 3. The number of benzene rings is 2. The largest absolute Gasteiger partial charge is 0.467 e. The quantitative estimate of drug-likeness (QED) is 0.270. The Labute approximate surface area is 189 Å². The number of non-ortho nitro benzene ring substituents is 1. The first-order chi connectivity index (χ1) is 15.8. The number of fused-ring (bicyclic) bond motifs is 2. The summed E-state index contributed by atoms with van der Waals surface area (Å²) < 4.78 is 16.0. The van der Waals surface area contributed by atoms with Gasteiger partial charge in [0.1, 0.15) is 12.4 Å². The van der Waals surface area contributed by atoms with E-state index >= 15 is 0 Å². The molecule has 172 valence electrons. The number of esters is 1. The van der Waals surface area contributed by atoms with Gasteiger partial charge < -0.3 is 14.2 Å². The normalized spacial score (nSPS) is 14.7. The van der Waals surface area contributed by atoms with Crippen molar-refractivity contribution in [3.8, 4) is 5.75 Å². The third kappa shape index (κ3) is 4.42. The van der Waals surface area contributed by atoms with E-state index in [1.165, 1.54) is 35.2 Å². The Morgan fingerprint density at radius 1 is 1.18 bits per heavy atom. The third-order valence-corrected chi connectivity index (χ3v) is 5.48. The summed E-state index contributed by atoms with van der Waals surface area (Å²) in [5.74, 6) is -0.833.